The minimum absolute atomic E-state index is 0.0277. The number of aliphatic hydroxyl groups is 1. The quantitative estimate of drug-likeness (QED) is 0.639. The standard InChI is InChI=1S/C13H22N4O2S/c1-13(2,6-7-18)17-11(19)9-10(14)16-12(20-9)15-8-4-3-5-8/h8,18H,3-7,14H2,1-2H3,(H,15,16)(H,17,19). The fraction of sp³-hybridized carbons (Fsp3) is 0.692. The Bertz CT molecular complexity index is 483. The molecule has 1 aliphatic rings. The zero-order valence-corrected chi connectivity index (χ0v) is 12.7. The van der Waals surface area contributed by atoms with Crippen molar-refractivity contribution in [3.05, 3.63) is 4.88 Å². The van der Waals surface area contributed by atoms with Crippen LogP contribution in [0.3, 0.4) is 0 Å². The maximum absolute atomic E-state index is 12.2. The number of nitrogens with zero attached hydrogens (tertiary/aromatic N) is 1. The summed E-state index contributed by atoms with van der Waals surface area (Å²) in [5.41, 5.74) is 5.35. The number of hydrogen-bond acceptors (Lipinski definition) is 6. The summed E-state index contributed by atoms with van der Waals surface area (Å²) in [5, 5.41) is 15.8. The van der Waals surface area contributed by atoms with Crippen LogP contribution < -0.4 is 16.4 Å². The van der Waals surface area contributed by atoms with E-state index in [2.05, 4.69) is 15.6 Å². The van der Waals surface area contributed by atoms with Gasteiger partial charge in [0.05, 0.1) is 0 Å². The van der Waals surface area contributed by atoms with Crippen LogP contribution in [0.2, 0.25) is 0 Å². The molecule has 7 heteroatoms. The minimum atomic E-state index is -0.468. The van der Waals surface area contributed by atoms with Gasteiger partial charge in [-0.15, -0.1) is 0 Å². The number of hydrogen-bond donors (Lipinski definition) is 4. The van der Waals surface area contributed by atoms with Gasteiger partial charge < -0.3 is 21.5 Å². The van der Waals surface area contributed by atoms with E-state index in [9.17, 15) is 4.79 Å². The molecule has 2 rings (SSSR count). The Morgan fingerprint density at radius 3 is 2.80 bits per heavy atom. The van der Waals surface area contributed by atoms with Crippen LogP contribution in [-0.4, -0.2) is 34.2 Å². The lowest BCUT2D eigenvalue weighted by molar-refractivity contribution is 0.0904. The second-order valence-corrected chi connectivity index (χ2v) is 6.82. The normalized spacial score (nSPS) is 15.8. The summed E-state index contributed by atoms with van der Waals surface area (Å²) in [7, 11) is 0. The van der Waals surface area contributed by atoms with Gasteiger partial charge in [-0.3, -0.25) is 4.79 Å². The van der Waals surface area contributed by atoms with Crippen molar-refractivity contribution in [1.82, 2.24) is 10.3 Å². The minimum Gasteiger partial charge on any atom is -0.396 e. The van der Waals surface area contributed by atoms with Gasteiger partial charge in [0.15, 0.2) is 5.13 Å². The van der Waals surface area contributed by atoms with E-state index in [1.54, 1.807) is 0 Å². The molecule has 1 amide bonds. The number of thiazole rings is 1. The fourth-order valence-electron chi connectivity index (χ4n) is 1.99. The molecule has 6 nitrogen and oxygen atoms in total. The van der Waals surface area contributed by atoms with E-state index in [-0.39, 0.29) is 18.3 Å². The average molecular weight is 298 g/mol. The van der Waals surface area contributed by atoms with Gasteiger partial charge in [0.25, 0.3) is 5.91 Å². The number of nitrogens with one attached hydrogen (secondary N) is 2. The Hall–Kier alpha value is -1.34. The summed E-state index contributed by atoms with van der Waals surface area (Å²) in [4.78, 5) is 16.8. The molecule has 0 aromatic carbocycles. The summed E-state index contributed by atoms with van der Waals surface area (Å²) in [6.07, 6.45) is 4.01. The Morgan fingerprint density at radius 2 is 2.25 bits per heavy atom. The number of nitrogen functional groups attached to an aromatic ring is 1. The molecule has 0 bridgehead atoms. The van der Waals surface area contributed by atoms with Crippen molar-refractivity contribution in [3.8, 4) is 0 Å². The zero-order chi connectivity index (χ0) is 14.8. The molecule has 20 heavy (non-hydrogen) atoms. The number of aromatic nitrogens is 1. The van der Waals surface area contributed by atoms with E-state index in [4.69, 9.17) is 10.8 Å². The summed E-state index contributed by atoms with van der Waals surface area (Å²) >= 11 is 1.28. The van der Waals surface area contributed by atoms with Gasteiger partial charge >= 0.3 is 0 Å². The highest BCUT2D eigenvalue weighted by atomic mass is 32.1. The van der Waals surface area contributed by atoms with Crippen molar-refractivity contribution in [2.75, 3.05) is 17.7 Å². The first-order valence-corrected chi connectivity index (χ1v) is 7.69. The number of nitrogens with two attached hydrogens (primary N) is 1. The Labute approximate surface area is 122 Å². The van der Waals surface area contributed by atoms with E-state index >= 15 is 0 Å². The number of carbonyl (C=O) groups excluding carboxylic acids is 1. The van der Waals surface area contributed by atoms with Gasteiger partial charge in [0.1, 0.15) is 10.7 Å². The third-order valence-electron chi connectivity index (χ3n) is 3.48. The van der Waals surface area contributed by atoms with Crippen LogP contribution in [0.5, 0.6) is 0 Å². The topological polar surface area (TPSA) is 100 Å². The van der Waals surface area contributed by atoms with Crippen LogP contribution in [-0.2, 0) is 0 Å². The maximum Gasteiger partial charge on any atom is 0.265 e. The van der Waals surface area contributed by atoms with Gasteiger partial charge in [-0.2, -0.15) is 0 Å². The molecule has 1 aromatic heterocycles. The first-order chi connectivity index (χ1) is 9.41. The second kappa shape index (κ2) is 5.97. The molecule has 0 aliphatic heterocycles. The Kier molecular flexibility index (Phi) is 4.49. The lowest BCUT2D eigenvalue weighted by Crippen LogP contribution is -2.43. The van der Waals surface area contributed by atoms with Gasteiger partial charge in [0.2, 0.25) is 0 Å². The predicted molar refractivity (Wildman–Crippen MR) is 81.0 cm³/mol. The SMILES string of the molecule is CC(C)(CCO)NC(=O)c1sc(NC2CCC2)nc1N. The predicted octanol–water partition coefficient (Wildman–Crippen LogP) is 1.58. The van der Waals surface area contributed by atoms with Crippen LogP contribution in [0.1, 0.15) is 49.2 Å². The van der Waals surface area contributed by atoms with Crippen LogP contribution in [0.25, 0.3) is 0 Å². The highest BCUT2D eigenvalue weighted by molar-refractivity contribution is 7.18. The molecular weight excluding hydrogens is 276 g/mol. The van der Waals surface area contributed by atoms with Gasteiger partial charge in [0, 0.05) is 18.2 Å². The molecule has 0 unspecified atom stereocenters. The molecule has 1 aliphatic carbocycles. The van der Waals surface area contributed by atoms with E-state index in [1.165, 1.54) is 17.8 Å². The molecule has 0 atom stereocenters. The summed E-state index contributed by atoms with van der Waals surface area (Å²) in [6.45, 7) is 3.76. The van der Waals surface area contributed by atoms with Gasteiger partial charge in [-0.05, 0) is 39.5 Å². The van der Waals surface area contributed by atoms with Crippen molar-refractivity contribution in [1.29, 1.82) is 0 Å². The Balaban J connectivity index is 2.01. The van der Waals surface area contributed by atoms with Crippen molar-refractivity contribution in [2.45, 2.75) is 51.1 Å². The molecule has 1 saturated carbocycles. The summed E-state index contributed by atoms with van der Waals surface area (Å²) in [6, 6.07) is 0.460. The number of rotatable bonds is 6. The highest BCUT2D eigenvalue weighted by Crippen LogP contribution is 2.29. The third kappa shape index (κ3) is 3.61. The zero-order valence-electron chi connectivity index (χ0n) is 11.9. The molecule has 5 N–H and O–H groups in total. The van der Waals surface area contributed by atoms with Gasteiger partial charge in [-0.25, -0.2) is 4.98 Å². The number of anilines is 2. The summed E-state index contributed by atoms with van der Waals surface area (Å²) < 4.78 is 0. The largest absolute Gasteiger partial charge is 0.396 e. The van der Waals surface area contributed by atoms with E-state index in [0.29, 0.717) is 22.5 Å². The molecular formula is C13H22N4O2S. The van der Waals surface area contributed by atoms with Crippen molar-refractivity contribution in [3.63, 3.8) is 0 Å². The molecule has 112 valence electrons. The van der Waals surface area contributed by atoms with Crippen LogP contribution >= 0.6 is 11.3 Å². The second-order valence-electron chi connectivity index (χ2n) is 5.82. The van der Waals surface area contributed by atoms with Crippen molar-refractivity contribution >= 4 is 28.2 Å². The van der Waals surface area contributed by atoms with Crippen molar-refractivity contribution in [2.24, 2.45) is 0 Å². The molecule has 1 fully saturated rings. The van der Waals surface area contributed by atoms with Gasteiger partial charge in [-0.1, -0.05) is 11.3 Å². The number of carbonyl (C=O) groups is 1. The maximum atomic E-state index is 12.2. The average Bonchev–Trinajstić information content (AvgIpc) is 2.64. The highest BCUT2D eigenvalue weighted by Gasteiger charge is 2.25. The lowest BCUT2D eigenvalue weighted by Gasteiger charge is -2.26. The number of amides is 1. The van der Waals surface area contributed by atoms with E-state index in [0.717, 1.165) is 12.8 Å². The lowest BCUT2D eigenvalue weighted by atomic mass is 9.93. The first-order valence-electron chi connectivity index (χ1n) is 6.87. The monoisotopic (exact) mass is 298 g/mol. The number of aliphatic hydroxyl groups excluding tert-OH is 1. The third-order valence-corrected chi connectivity index (χ3v) is 4.48. The Morgan fingerprint density at radius 1 is 1.55 bits per heavy atom. The fourth-order valence-corrected chi connectivity index (χ4v) is 2.85. The molecule has 0 saturated heterocycles. The molecule has 0 radical (unpaired) electrons. The van der Waals surface area contributed by atoms with E-state index < -0.39 is 5.54 Å². The molecule has 1 heterocycles. The molecule has 1 aromatic rings. The van der Waals surface area contributed by atoms with E-state index in [1.807, 2.05) is 13.8 Å². The van der Waals surface area contributed by atoms with Crippen molar-refractivity contribution < 1.29 is 9.90 Å². The first kappa shape index (κ1) is 15.1. The van der Waals surface area contributed by atoms with Crippen LogP contribution in [0.15, 0.2) is 0 Å². The smallest absolute Gasteiger partial charge is 0.265 e. The van der Waals surface area contributed by atoms with Crippen LogP contribution in [0, 0.1) is 0 Å². The molecule has 0 spiro atoms. The summed E-state index contributed by atoms with van der Waals surface area (Å²) in [5.74, 6) is 0.0224. The van der Waals surface area contributed by atoms with Crippen LogP contribution in [0.4, 0.5) is 10.9 Å².